The Morgan fingerprint density at radius 3 is 2.38 bits per heavy atom. The summed E-state index contributed by atoms with van der Waals surface area (Å²) in [6.45, 7) is 3.24. The highest BCUT2D eigenvalue weighted by Gasteiger charge is 2.37. The average Bonchev–Trinajstić information content (AvgIpc) is 2.83. The van der Waals surface area contributed by atoms with Crippen LogP contribution in [-0.2, 0) is 14.3 Å². The van der Waals surface area contributed by atoms with Gasteiger partial charge in [0.1, 0.15) is 5.82 Å². The fourth-order valence-electron chi connectivity index (χ4n) is 4.90. The molecule has 34 heavy (non-hydrogen) atoms. The number of rotatable bonds is 6. The molecule has 2 atom stereocenters. The van der Waals surface area contributed by atoms with Crippen molar-refractivity contribution in [3.63, 3.8) is 0 Å². The third-order valence-electron chi connectivity index (χ3n) is 6.80. The van der Waals surface area contributed by atoms with Gasteiger partial charge < -0.3 is 25.2 Å². The Kier molecular flexibility index (Phi) is 9.27. The minimum Gasteiger partial charge on any atom is -0.376 e. The summed E-state index contributed by atoms with van der Waals surface area (Å²) < 4.78 is 19.5. The first kappa shape index (κ1) is 25.9. The molecule has 0 radical (unpaired) electrons. The van der Waals surface area contributed by atoms with Gasteiger partial charge in [-0.25, -0.2) is 9.18 Å². The van der Waals surface area contributed by atoms with Crippen molar-refractivity contribution in [1.29, 1.82) is 0 Å². The van der Waals surface area contributed by atoms with Crippen molar-refractivity contribution in [1.82, 2.24) is 20.4 Å². The number of likely N-dealkylation sites (N-methyl/N-ethyl adjacent to an activating group) is 1. The van der Waals surface area contributed by atoms with Crippen molar-refractivity contribution >= 4 is 17.8 Å². The molecule has 1 aliphatic carbocycles. The van der Waals surface area contributed by atoms with Gasteiger partial charge in [0, 0.05) is 27.2 Å². The maximum absolute atomic E-state index is 13.2. The molecule has 9 heteroatoms. The first-order valence-electron chi connectivity index (χ1n) is 12.2. The van der Waals surface area contributed by atoms with E-state index in [-0.39, 0.29) is 30.0 Å². The van der Waals surface area contributed by atoms with E-state index in [9.17, 15) is 18.8 Å². The number of likely N-dealkylation sites (tertiary alicyclic amines) is 1. The van der Waals surface area contributed by atoms with E-state index in [4.69, 9.17) is 4.74 Å². The number of halogens is 1. The summed E-state index contributed by atoms with van der Waals surface area (Å²) in [5.74, 6) is -1.11. The molecule has 1 saturated carbocycles. The Hall–Kier alpha value is -2.68. The number of ether oxygens (including phenoxy) is 1. The predicted molar refractivity (Wildman–Crippen MR) is 127 cm³/mol. The average molecular weight is 477 g/mol. The van der Waals surface area contributed by atoms with Gasteiger partial charge in [0.25, 0.3) is 0 Å². The summed E-state index contributed by atoms with van der Waals surface area (Å²) in [7, 11) is 3.07. The van der Waals surface area contributed by atoms with Gasteiger partial charge in [-0.15, -0.1) is 0 Å². The Bertz CT molecular complexity index is 840. The summed E-state index contributed by atoms with van der Waals surface area (Å²) in [4.78, 5) is 40.2. The second-order valence-corrected chi connectivity index (χ2v) is 9.38. The smallest absolute Gasteiger partial charge is 0.317 e. The van der Waals surface area contributed by atoms with Gasteiger partial charge in [-0.1, -0.05) is 12.1 Å². The predicted octanol–water partition coefficient (Wildman–Crippen LogP) is 2.64. The summed E-state index contributed by atoms with van der Waals surface area (Å²) in [5.41, 5.74) is 1.16. The highest BCUT2D eigenvalue weighted by atomic mass is 19.1. The first-order valence-corrected chi connectivity index (χ1v) is 12.2. The largest absolute Gasteiger partial charge is 0.376 e. The Balaban J connectivity index is 1.61. The molecule has 2 N–H and O–H groups in total. The van der Waals surface area contributed by atoms with E-state index in [0.717, 1.165) is 37.7 Å². The molecule has 3 rings (SSSR count). The highest BCUT2D eigenvalue weighted by Crippen LogP contribution is 2.34. The molecule has 0 bridgehead atoms. The quantitative estimate of drug-likeness (QED) is 0.618. The van der Waals surface area contributed by atoms with Crippen LogP contribution in [0.5, 0.6) is 0 Å². The molecule has 8 nitrogen and oxygen atoms in total. The molecule has 1 aromatic carbocycles. The summed E-state index contributed by atoms with van der Waals surface area (Å²) in [5, 5.41) is 5.68. The van der Waals surface area contributed by atoms with E-state index in [1.165, 1.54) is 31.1 Å². The fourth-order valence-corrected chi connectivity index (χ4v) is 4.90. The van der Waals surface area contributed by atoms with Gasteiger partial charge >= 0.3 is 17.8 Å². The second-order valence-electron chi connectivity index (χ2n) is 9.38. The number of carbonyl (C=O) groups is 3. The number of piperidine rings is 1. The topological polar surface area (TPSA) is 91.0 Å². The number of urea groups is 1. The number of nitrogens with one attached hydrogen (secondary N) is 2. The van der Waals surface area contributed by atoms with Crippen LogP contribution in [0.25, 0.3) is 0 Å². The molecule has 2 aliphatic rings. The molecule has 188 valence electrons. The minimum atomic E-state index is -0.669. The molecule has 1 aromatic rings. The van der Waals surface area contributed by atoms with Crippen LogP contribution in [0.3, 0.4) is 0 Å². The lowest BCUT2D eigenvalue weighted by Crippen LogP contribution is -2.62. The molecular weight excluding hydrogens is 439 g/mol. The lowest BCUT2D eigenvalue weighted by Gasteiger charge is -2.42. The summed E-state index contributed by atoms with van der Waals surface area (Å²) in [6.07, 6.45) is 5.15. The zero-order valence-corrected chi connectivity index (χ0v) is 20.4. The van der Waals surface area contributed by atoms with Crippen molar-refractivity contribution in [3.8, 4) is 0 Å². The third-order valence-corrected chi connectivity index (χ3v) is 6.80. The fraction of sp³-hybridized carbons (Fsp3) is 0.640. The molecule has 4 amide bonds. The molecule has 2 fully saturated rings. The van der Waals surface area contributed by atoms with Crippen molar-refractivity contribution < 1.29 is 23.5 Å². The van der Waals surface area contributed by atoms with E-state index in [1.807, 2.05) is 19.1 Å². The highest BCUT2D eigenvalue weighted by molar-refractivity contribution is 6.34. The van der Waals surface area contributed by atoms with Crippen molar-refractivity contribution in [3.05, 3.63) is 35.6 Å². The van der Waals surface area contributed by atoms with E-state index in [1.54, 1.807) is 4.90 Å². The third kappa shape index (κ3) is 6.68. The second kappa shape index (κ2) is 12.1. The van der Waals surface area contributed by atoms with Crippen LogP contribution in [0.2, 0.25) is 0 Å². The maximum Gasteiger partial charge on any atom is 0.317 e. The van der Waals surface area contributed by atoms with Crippen LogP contribution < -0.4 is 10.6 Å². The van der Waals surface area contributed by atoms with Gasteiger partial charge in [-0.05, 0) is 69.1 Å². The van der Waals surface area contributed by atoms with Crippen LogP contribution in [0.4, 0.5) is 9.18 Å². The van der Waals surface area contributed by atoms with Crippen LogP contribution in [0.15, 0.2) is 24.3 Å². The molecule has 1 saturated heterocycles. The molecule has 1 aliphatic heterocycles. The number of hydrogen-bond acceptors (Lipinski definition) is 4. The van der Waals surface area contributed by atoms with Crippen LogP contribution in [0, 0.1) is 5.82 Å². The van der Waals surface area contributed by atoms with Gasteiger partial charge in [0.2, 0.25) is 0 Å². The summed E-state index contributed by atoms with van der Waals surface area (Å²) >= 11 is 0. The zero-order valence-electron chi connectivity index (χ0n) is 20.4. The Morgan fingerprint density at radius 2 is 1.76 bits per heavy atom. The maximum atomic E-state index is 13.2. The van der Waals surface area contributed by atoms with Gasteiger partial charge in [-0.2, -0.15) is 0 Å². The molecule has 0 aromatic heterocycles. The van der Waals surface area contributed by atoms with Crippen molar-refractivity contribution in [2.24, 2.45) is 0 Å². The van der Waals surface area contributed by atoms with Crippen LogP contribution in [-0.4, -0.2) is 79.6 Å². The van der Waals surface area contributed by atoms with Gasteiger partial charge in [-0.3, -0.25) is 9.59 Å². The minimum absolute atomic E-state index is 0.0643. The molecule has 0 unspecified atom stereocenters. The lowest BCUT2D eigenvalue weighted by atomic mass is 9.82. The molecule has 1 heterocycles. The standard InChI is InChI=1S/C25H37FN4O4/c1-4-27-25(33)30-15-5-6-21(28-23(31)24(32)29(2)3)22(30)16-34-20-13-9-18(10-14-20)17-7-11-19(26)12-8-17/h7-8,11-12,18,20-22H,4-6,9-10,13-16H2,1-3H3,(H,27,33)(H,28,31)/t18?,20?,21-,22+/m1/s1. The van der Waals surface area contributed by atoms with Crippen LogP contribution >= 0.6 is 0 Å². The Morgan fingerprint density at radius 1 is 1.09 bits per heavy atom. The number of nitrogens with zero attached hydrogens (tertiary/aromatic N) is 2. The van der Waals surface area contributed by atoms with E-state index in [2.05, 4.69) is 10.6 Å². The monoisotopic (exact) mass is 476 g/mol. The number of hydrogen-bond donors (Lipinski definition) is 2. The zero-order chi connectivity index (χ0) is 24.7. The van der Waals surface area contributed by atoms with Gasteiger partial charge in [0.05, 0.1) is 24.8 Å². The normalized spacial score (nSPS) is 24.9. The lowest BCUT2D eigenvalue weighted by molar-refractivity contribution is -0.145. The molecule has 0 spiro atoms. The van der Waals surface area contributed by atoms with E-state index in [0.29, 0.717) is 32.0 Å². The number of benzene rings is 1. The number of amides is 4. The van der Waals surface area contributed by atoms with Crippen LogP contribution in [0.1, 0.15) is 56.9 Å². The van der Waals surface area contributed by atoms with E-state index >= 15 is 0 Å². The SMILES string of the molecule is CCNC(=O)N1CCC[C@@H](NC(=O)C(=O)N(C)C)[C@@H]1COC1CCC(c2ccc(F)cc2)CC1. The van der Waals surface area contributed by atoms with E-state index < -0.39 is 11.8 Å². The molecular formula is C25H37FN4O4. The Labute approximate surface area is 201 Å². The summed E-state index contributed by atoms with van der Waals surface area (Å²) in [6, 6.07) is 5.83. The first-order chi connectivity index (χ1) is 16.3. The van der Waals surface area contributed by atoms with Crippen molar-refractivity contribution in [2.45, 2.75) is 69.6 Å². The van der Waals surface area contributed by atoms with Gasteiger partial charge in [0.15, 0.2) is 0 Å². The van der Waals surface area contributed by atoms with Crippen molar-refractivity contribution in [2.75, 3.05) is 33.8 Å². The number of carbonyl (C=O) groups excluding carboxylic acids is 3.